The van der Waals surface area contributed by atoms with Gasteiger partial charge in [0.1, 0.15) is 0 Å². The first kappa shape index (κ1) is 15.1. The van der Waals surface area contributed by atoms with Gasteiger partial charge in [-0.15, -0.1) is 0 Å². The first-order valence-corrected chi connectivity index (χ1v) is 7.10. The van der Waals surface area contributed by atoms with Gasteiger partial charge in [0.05, 0.1) is 27.4 Å². The first-order valence-electron chi connectivity index (χ1n) is 4.02. The second kappa shape index (κ2) is 6.15. The van der Waals surface area contributed by atoms with Gasteiger partial charge in [-0.05, 0) is 14.1 Å². The quantitative estimate of drug-likeness (QED) is 0.513. The van der Waals surface area contributed by atoms with E-state index in [0.717, 1.165) is 6.54 Å². The topological polar surface area (TPSA) is 6.48 Å². The molecule has 0 atom stereocenters. The van der Waals surface area contributed by atoms with Gasteiger partial charge in [-0.25, -0.2) is 0 Å². The lowest BCUT2D eigenvalue weighted by atomic mass is 10.6. The summed E-state index contributed by atoms with van der Waals surface area (Å²) in [5, 5.41) is 0. The van der Waals surface area contributed by atoms with Crippen molar-refractivity contribution in [2.75, 3.05) is 54.2 Å². The summed E-state index contributed by atoms with van der Waals surface area (Å²) in [6.07, 6.45) is 0. The van der Waals surface area contributed by atoms with E-state index < -0.39 is 7.41 Å². The average molecular weight is 213 g/mol. The summed E-state index contributed by atoms with van der Waals surface area (Å²) in [4.78, 5) is 2.23. The molecule has 0 amide bonds. The maximum absolute atomic E-state index is 2.48. The van der Waals surface area contributed by atoms with Crippen LogP contribution in [-0.4, -0.2) is 63.8 Å². The van der Waals surface area contributed by atoms with Gasteiger partial charge in [0.15, 0.2) is 0 Å². The number of nitrogens with zero attached hydrogens (tertiary/aromatic N) is 2. The fourth-order valence-corrected chi connectivity index (χ4v) is 1.33. The van der Waals surface area contributed by atoms with Crippen LogP contribution in [0.5, 0.6) is 0 Å². The molecule has 0 rings (SSSR count). The van der Waals surface area contributed by atoms with Gasteiger partial charge >= 0.3 is 0 Å². The summed E-state index contributed by atoms with van der Waals surface area (Å²) >= 11 is 0. The molecule has 0 aliphatic rings. The van der Waals surface area contributed by atoms with E-state index in [1.807, 2.05) is 0 Å². The highest BCUT2D eigenvalue weighted by Crippen LogP contribution is 2.49. The van der Waals surface area contributed by atoms with Crippen LogP contribution in [0.4, 0.5) is 0 Å². The molecular weight excluding hydrogens is 191 g/mol. The molecule has 0 saturated carbocycles. The van der Waals surface area contributed by atoms with E-state index >= 15 is 0 Å². The lowest BCUT2D eigenvalue weighted by molar-refractivity contribution is -0.00000288. The molecule has 0 fully saturated rings. The minimum absolute atomic E-state index is 0. The van der Waals surface area contributed by atoms with Crippen LogP contribution in [0.2, 0.25) is 0 Å². The monoisotopic (exact) mass is 212 g/mol. The number of likely N-dealkylation sites (N-methyl/N-ethyl adjacent to an activating group) is 2. The van der Waals surface area contributed by atoms with Crippen LogP contribution in [0.25, 0.3) is 0 Å². The summed E-state index contributed by atoms with van der Waals surface area (Å²) in [5.41, 5.74) is 0. The van der Waals surface area contributed by atoms with Crippen LogP contribution in [0, 0.1) is 0 Å². The van der Waals surface area contributed by atoms with Crippen LogP contribution in [0.15, 0.2) is 0 Å². The molecule has 4 heteroatoms. The van der Waals surface area contributed by atoms with Crippen molar-refractivity contribution in [3.63, 3.8) is 0 Å². The van der Waals surface area contributed by atoms with Crippen molar-refractivity contribution in [1.29, 1.82) is 0 Å². The molecule has 0 aromatic carbocycles. The molecule has 0 aromatic heterocycles. The maximum Gasteiger partial charge on any atom is 0.0738 e. The van der Waals surface area contributed by atoms with Gasteiger partial charge in [0.25, 0.3) is 0 Å². The van der Waals surface area contributed by atoms with Gasteiger partial charge < -0.3 is 17.3 Å². The number of halogens is 1. The first-order chi connectivity index (χ1) is 4.84. The Morgan fingerprint density at radius 2 is 1.33 bits per heavy atom. The number of rotatable bonds is 4. The third-order valence-corrected chi connectivity index (χ3v) is 4.14. The smallest absolute Gasteiger partial charge is 0.0738 e. The molecule has 0 N–H and O–H groups in total. The van der Waals surface area contributed by atoms with E-state index in [0.29, 0.717) is 0 Å². The Morgan fingerprint density at radius 3 is 1.58 bits per heavy atom. The minimum atomic E-state index is -0.756. The maximum atomic E-state index is 2.48. The second-order valence-electron chi connectivity index (χ2n) is 4.13. The Hall–Kier alpha value is 0.640. The van der Waals surface area contributed by atoms with Crippen molar-refractivity contribution >= 4 is 7.41 Å². The molecule has 0 aliphatic carbocycles. The van der Waals surface area contributed by atoms with Crippen LogP contribution < -0.4 is 12.4 Å². The Bertz CT molecular complexity index is 112. The summed E-state index contributed by atoms with van der Waals surface area (Å²) < 4.78 is 2.48. The van der Waals surface area contributed by atoms with Crippen LogP contribution in [0.3, 0.4) is 0 Å². The fraction of sp³-hybridized carbons (Fsp3) is 1.00. The molecule has 0 unspecified atom stereocenters. The lowest BCUT2D eigenvalue weighted by Gasteiger charge is -2.25. The predicted octanol–water partition coefficient (Wildman–Crippen LogP) is -1.69. The zero-order valence-electron chi connectivity index (χ0n) is 9.13. The van der Waals surface area contributed by atoms with Crippen molar-refractivity contribution in [2.24, 2.45) is 0 Å². The van der Waals surface area contributed by atoms with E-state index in [1.54, 1.807) is 0 Å². The standard InChI is InChI=1S/C8H22N2P.ClH/c1-9(2)7-8-10(3)11(4,5)6;/h7-8H2,1-6H3;1H/q+1;/p-1. The van der Waals surface area contributed by atoms with Gasteiger partial charge in [-0.3, -0.25) is 0 Å². The van der Waals surface area contributed by atoms with E-state index in [4.69, 9.17) is 0 Å². The van der Waals surface area contributed by atoms with E-state index in [1.165, 1.54) is 6.54 Å². The average Bonchev–Trinajstić information content (AvgIpc) is 1.80. The Morgan fingerprint density at radius 1 is 0.917 bits per heavy atom. The summed E-state index contributed by atoms with van der Waals surface area (Å²) in [6, 6.07) is 0. The fourth-order valence-electron chi connectivity index (χ4n) is 0.645. The van der Waals surface area contributed by atoms with Gasteiger partial charge in [-0.2, -0.15) is 4.67 Å². The van der Waals surface area contributed by atoms with Crippen molar-refractivity contribution in [3.8, 4) is 0 Å². The molecule has 0 saturated heterocycles. The van der Waals surface area contributed by atoms with Crippen molar-refractivity contribution in [2.45, 2.75) is 0 Å². The zero-order valence-corrected chi connectivity index (χ0v) is 10.8. The molecule has 0 bridgehead atoms. The second-order valence-corrected chi connectivity index (χ2v) is 8.69. The third kappa shape index (κ3) is 7.30. The minimum Gasteiger partial charge on any atom is -1.00 e. The SMILES string of the molecule is CN(C)CCN(C)[P+](C)(C)C.[Cl-]. The molecule has 0 radical (unpaired) electrons. The Kier molecular flexibility index (Phi) is 7.75. The van der Waals surface area contributed by atoms with Crippen molar-refractivity contribution in [3.05, 3.63) is 0 Å². The molecule has 0 aromatic rings. The summed E-state index contributed by atoms with van der Waals surface area (Å²) in [5.74, 6) is 0. The summed E-state index contributed by atoms with van der Waals surface area (Å²) in [7, 11) is 5.70. The summed E-state index contributed by atoms with van der Waals surface area (Å²) in [6.45, 7) is 9.39. The highest BCUT2D eigenvalue weighted by Gasteiger charge is 2.23. The Labute approximate surface area is 84.1 Å². The molecule has 0 heterocycles. The molecule has 12 heavy (non-hydrogen) atoms. The van der Waals surface area contributed by atoms with Crippen molar-refractivity contribution < 1.29 is 12.4 Å². The van der Waals surface area contributed by atoms with Crippen LogP contribution in [0.1, 0.15) is 0 Å². The van der Waals surface area contributed by atoms with Crippen LogP contribution in [-0.2, 0) is 0 Å². The van der Waals surface area contributed by atoms with Crippen LogP contribution >= 0.6 is 7.41 Å². The number of hydrogen-bond donors (Lipinski definition) is 0. The zero-order chi connectivity index (χ0) is 9.07. The molecule has 76 valence electrons. The van der Waals surface area contributed by atoms with Crippen molar-refractivity contribution in [1.82, 2.24) is 9.57 Å². The van der Waals surface area contributed by atoms with E-state index in [9.17, 15) is 0 Å². The highest BCUT2D eigenvalue weighted by atomic mass is 35.5. The molecule has 0 aliphatic heterocycles. The van der Waals surface area contributed by atoms with Gasteiger partial charge in [0, 0.05) is 20.1 Å². The van der Waals surface area contributed by atoms with Gasteiger partial charge in [0.2, 0.25) is 0 Å². The highest BCUT2D eigenvalue weighted by molar-refractivity contribution is 7.71. The molecule has 0 spiro atoms. The lowest BCUT2D eigenvalue weighted by Crippen LogP contribution is -3.00. The largest absolute Gasteiger partial charge is 1.00 e. The number of hydrogen-bond acceptors (Lipinski definition) is 2. The Balaban J connectivity index is 0. The molecule has 2 nitrogen and oxygen atoms in total. The molecular formula is C8H22ClN2P. The predicted molar refractivity (Wildman–Crippen MR) is 55.9 cm³/mol. The normalized spacial score (nSPS) is 12.0. The third-order valence-electron chi connectivity index (χ3n) is 1.90. The van der Waals surface area contributed by atoms with Gasteiger partial charge in [-0.1, -0.05) is 0 Å². The van der Waals surface area contributed by atoms with E-state index in [-0.39, 0.29) is 12.4 Å². The van der Waals surface area contributed by atoms with E-state index in [2.05, 4.69) is 50.7 Å².